The fourth-order valence-corrected chi connectivity index (χ4v) is 3.95. The fourth-order valence-electron chi connectivity index (χ4n) is 3.95. The van der Waals surface area contributed by atoms with Crippen LogP contribution in [0.3, 0.4) is 0 Å². The average Bonchev–Trinajstić information content (AvgIpc) is 3.43. The highest BCUT2D eigenvalue weighted by atomic mass is 19.1. The number of anilines is 1. The molecule has 0 spiro atoms. The van der Waals surface area contributed by atoms with Crippen LogP contribution >= 0.6 is 0 Å². The van der Waals surface area contributed by atoms with Crippen LogP contribution in [-0.4, -0.2) is 35.6 Å². The Balaban J connectivity index is 1.71. The quantitative estimate of drug-likeness (QED) is 0.545. The first-order valence-electron chi connectivity index (χ1n) is 10.5. The Bertz CT molecular complexity index is 997. The minimum absolute atomic E-state index is 0.191. The second-order valence-corrected chi connectivity index (χ2v) is 7.61. The van der Waals surface area contributed by atoms with E-state index in [2.05, 4.69) is 10.1 Å². The number of benzene rings is 2. The molecule has 1 saturated heterocycles. The monoisotopic (exact) mass is 407 g/mol. The molecule has 0 aliphatic carbocycles. The topological polar surface area (TPSA) is 49.6 Å². The Labute approximate surface area is 176 Å². The number of amides is 1. The van der Waals surface area contributed by atoms with Crippen molar-refractivity contribution >= 4 is 11.8 Å². The van der Waals surface area contributed by atoms with Gasteiger partial charge in [-0.1, -0.05) is 48.5 Å². The SMILES string of the molecule is CCCN(Cc1c(-c2ccccc2)noc1N1CCCC1)C(=O)c1cccc(F)c1. The second kappa shape index (κ2) is 9.11. The first-order valence-corrected chi connectivity index (χ1v) is 10.5. The predicted molar refractivity (Wildman–Crippen MR) is 115 cm³/mol. The molecule has 30 heavy (non-hydrogen) atoms. The number of rotatable bonds is 7. The van der Waals surface area contributed by atoms with Gasteiger partial charge in [0.05, 0.1) is 12.1 Å². The van der Waals surface area contributed by atoms with Crippen LogP contribution in [0.2, 0.25) is 0 Å². The smallest absolute Gasteiger partial charge is 0.254 e. The highest BCUT2D eigenvalue weighted by molar-refractivity contribution is 5.94. The van der Waals surface area contributed by atoms with E-state index in [1.54, 1.807) is 17.0 Å². The third-order valence-electron chi connectivity index (χ3n) is 5.41. The Hall–Kier alpha value is -3.15. The van der Waals surface area contributed by atoms with Gasteiger partial charge in [0.2, 0.25) is 5.88 Å². The molecule has 5 nitrogen and oxygen atoms in total. The number of halogens is 1. The maximum Gasteiger partial charge on any atom is 0.254 e. The van der Waals surface area contributed by atoms with E-state index in [-0.39, 0.29) is 5.91 Å². The molecule has 156 valence electrons. The third-order valence-corrected chi connectivity index (χ3v) is 5.41. The molecular weight excluding hydrogens is 381 g/mol. The lowest BCUT2D eigenvalue weighted by Crippen LogP contribution is -2.32. The lowest BCUT2D eigenvalue weighted by Gasteiger charge is -2.24. The molecule has 0 unspecified atom stereocenters. The van der Waals surface area contributed by atoms with Crippen molar-refractivity contribution in [3.8, 4) is 11.3 Å². The van der Waals surface area contributed by atoms with E-state index in [1.807, 2.05) is 37.3 Å². The van der Waals surface area contributed by atoms with Gasteiger partial charge in [0.25, 0.3) is 5.91 Å². The Morgan fingerprint density at radius 2 is 1.90 bits per heavy atom. The summed E-state index contributed by atoms with van der Waals surface area (Å²) in [6.45, 7) is 4.79. The maximum absolute atomic E-state index is 13.7. The van der Waals surface area contributed by atoms with E-state index in [4.69, 9.17) is 4.52 Å². The summed E-state index contributed by atoms with van der Waals surface area (Å²) in [5, 5.41) is 4.38. The Kier molecular flexibility index (Phi) is 6.12. The van der Waals surface area contributed by atoms with Crippen molar-refractivity contribution in [1.82, 2.24) is 10.1 Å². The maximum atomic E-state index is 13.7. The number of carbonyl (C=O) groups excluding carboxylic acids is 1. The van der Waals surface area contributed by atoms with Crippen molar-refractivity contribution in [1.29, 1.82) is 0 Å². The molecule has 1 amide bonds. The molecule has 4 rings (SSSR count). The highest BCUT2D eigenvalue weighted by Crippen LogP contribution is 2.34. The van der Waals surface area contributed by atoms with E-state index in [9.17, 15) is 9.18 Å². The van der Waals surface area contributed by atoms with Crippen molar-refractivity contribution in [2.75, 3.05) is 24.5 Å². The number of hydrogen-bond donors (Lipinski definition) is 0. The van der Waals surface area contributed by atoms with Crippen LogP contribution in [0, 0.1) is 5.82 Å². The van der Waals surface area contributed by atoms with Gasteiger partial charge >= 0.3 is 0 Å². The van der Waals surface area contributed by atoms with Crippen LogP contribution in [0.4, 0.5) is 10.3 Å². The highest BCUT2D eigenvalue weighted by Gasteiger charge is 2.27. The van der Waals surface area contributed by atoms with Crippen molar-refractivity contribution < 1.29 is 13.7 Å². The van der Waals surface area contributed by atoms with Crippen LogP contribution in [-0.2, 0) is 6.54 Å². The molecule has 1 aliphatic heterocycles. The molecule has 1 aromatic heterocycles. The van der Waals surface area contributed by atoms with Crippen LogP contribution in [0.25, 0.3) is 11.3 Å². The molecule has 2 aromatic carbocycles. The predicted octanol–water partition coefficient (Wildman–Crippen LogP) is 5.13. The van der Waals surface area contributed by atoms with E-state index in [1.165, 1.54) is 12.1 Å². The van der Waals surface area contributed by atoms with Gasteiger partial charge in [0.15, 0.2) is 0 Å². The molecule has 0 atom stereocenters. The number of carbonyl (C=O) groups is 1. The van der Waals surface area contributed by atoms with Crippen LogP contribution in [0.5, 0.6) is 0 Å². The normalized spacial score (nSPS) is 13.6. The van der Waals surface area contributed by atoms with Gasteiger partial charge in [-0.3, -0.25) is 4.79 Å². The minimum atomic E-state index is -0.412. The largest absolute Gasteiger partial charge is 0.340 e. The van der Waals surface area contributed by atoms with E-state index in [0.29, 0.717) is 18.7 Å². The standard InChI is InChI=1S/C24H26FN3O2/c1-2-13-28(23(29)19-11-8-12-20(25)16-19)17-21-22(18-9-4-3-5-10-18)26-30-24(21)27-14-6-7-15-27/h3-5,8-12,16H,2,6-7,13-15,17H2,1H3. The van der Waals surface area contributed by atoms with Gasteiger partial charge in [-0.05, 0) is 37.5 Å². The van der Waals surface area contributed by atoms with Gasteiger partial charge in [-0.2, -0.15) is 0 Å². The molecule has 1 aliphatic rings. The number of nitrogens with zero attached hydrogens (tertiary/aromatic N) is 3. The van der Waals surface area contributed by atoms with Crippen LogP contribution in [0.15, 0.2) is 59.1 Å². The summed E-state index contributed by atoms with van der Waals surface area (Å²) in [4.78, 5) is 17.1. The molecule has 1 fully saturated rings. The molecule has 0 saturated carbocycles. The molecular formula is C24H26FN3O2. The van der Waals surface area contributed by atoms with Gasteiger partial charge in [0, 0.05) is 30.8 Å². The molecule has 0 bridgehead atoms. The number of hydrogen-bond acceptors (Lipinski definition) is 4. The van der Waals surface area contributed by atoms with Crippen LogP contribution < -0.4 is 4.90 Å². The molecule has 2 heterocycles. The van der Waals surface area contributed by atoms with Crippen molar-refractivity contribution in [2.24, 2.45) is 0 Å². The van der Waals surface area contributed by atoms with Crippen LogP contribution in [0.1, 0.15) is 42.1 Å². The zero-order valence-corrected chi connectivity index (χ0v) is 17.2. The third kappa shape index (κ3) is 4.22. The Morgan fingerprint density at radius 3 is 2.60 bits per heavy atom. The average molecular weight is 407 g/mol. The second-order valence-electron chi connectivity index (χ2n) is 7.61. The summed E-state index contributed by atoms with van der Waals surface area (Å²) in [7, 11) is 0. The first-order chi connectivity index (χ1) is 14.7. The van der Waals surface area contributed by atoms with Crippen molar-refractivity contribution in [2.45, 2.75) is 32.7 Å². The lowest BCUT2D eigenvalue weighted by atomic mass is 10.1. The summed E-state index contributed by atoms with van der Waals surface area (Å²) >= 11 is 0. The minimum Gasteiger partial charge on any atom is -0.340 e. The van der Waals surface area contributed by atoms with Gasteiger partial charge in [-0.25, -0.2) is 4.39 Å². The molecule has 0 radical (unpaired) electrons. The summed E-state index contributed by atoms with van der Waals surface area (Å²) in [6, 6.07) is 15.7. The summed E-state index contributed by atoms with van der Waals surface area (Å²) in [6.07, 6.45) is 3.02. The molecule has 6 heteroatoms. The van der Waals surface area contributed by atoms with E-state index < -0.39 is 5.82 Å². The van der Waals surface area contributed by atoms with Crippen molar-refractivity contribution in [3.05, 3.63) is 71.5 Å². The number of aromatic nitrogens is 1. The fraction of sp³-hybridized carbons (Fsp3) is 0.333. The zero-order valence-electron chi connectivity index (χ0n) is 17.2. The summed E-state index contributed by atoms with van der Waals surface area (Å²) in [5.74, 6) is 0.133. The lowest BCUT2D eigenvalue weighted by molar-refractivity contribution is 0.0743. The van der Waals surface area contributed by atoms with E-state index >= 15 is 0 Å². The molecule has 0 N–H and O–H groups in total. The summed E-state index contributed by atoms with van der Waals surface area (Å²) in [5.41, 5.74) is 2.96. The van der Waals surface area contributed by atoms with E-state index in [0.717, 1.165) is 55.1 Å². The van der Waals surface area contributed by atoms with Crippen molar-refractivity contribution in [3.63, 3.8) is 0 Å². The molecule has 3 aromatic rings. The van der Waals surface area contributed by atoms with Gasteiger partial charge in [-0.15, -0.1) is 0 Å². The van der Waals surface area contributed by atoms with Gasteiger partial charge < -0.3 is 14.3 Å². The zero-order chi connectivity index (χ0) is 20.9. The van der Waals surface area contributed by atoms with Gasteiger partial charge in [0.1, 0.15) is 11.5 Å². The Morgan fingerprint density at radius 1 is 1.13 bits per heavy atom. The first kappa shape index (κ1) is 20.1. The summed E-state index contributed by atoms with van der Waals surface area (Å²) < 4.78 is 19.5.